The van der Waals surface area contributed by atoms with Gasteiger partial charge in [0.1, 0.15) is 0 Å². The fourth-order valence-corrected chi connectivity index (χ4v) is 7.19. The summed E-state index contributed by atoms with van der Waals surface area (Å²) in [6.07, 6.45) is 5.80. The second-order valence-corrected chi connectivity index (χ2v) is 9.84. The molecule has 7 heteroatoms. The highest BCUT2D eigenvalue weighted by Gasteiger charge is 2.52. The SMILES string of the molecule is C=NCNC1SC2CCC(C(O)O)[C@H]2C1CNC1CCC(N(C)C)CC1. The normalized spacial score (nSPS) is 40.3. The number of fused-ring (bicyclic) bond motifs is 1. The summed E-state index contributed by atoms with van der Waals surface area (Å²) in [6.45, 7) is 5.09. The Kier molecular flexibility index (Phi) is 7.39. The van der Waals surface area contributed by atoms with E-state index in [9.17, 15) is 10.2 Å². The van der Waals surface area contributed by atoms with Crippen molar-refractivity contribution in [1.29, 1.82) is 0 Å². The van der Waals surface area contributed by atoms with Gasteiger partial charge in [-0.05, 0) is 65.3 Å². The van der Waals surface area contributed by atoms with Crippen molar-refractivity contribution in [3.8, 4) is 0 Å². The van der Waals surface area contributed by atoms with Crippen molar-refractivity contribution < 1.29 is 10.2 Å². The van der Waals surface area contributed by atoms with Gasteiger partial charge in [0.25, 0.3) is 0 Å². The second kappa shape index (κ2) is 9.34. The quantitative estimate of drug-likeness (QED) is 0.371. The standard InChI is InChI=1S/C19H36N4O2S/c1-20-11-22-18-15(17-14(19(24)25)8-9-16(17)26-18)10-21-12-4-6-13(7-5-12)23(2)3/h12-19,21-22,24-25H,1,4-11H2,2-3H3/t12?,13?,14?,15?,16?,17-,18?/m0/s1. The largest absolute Gasteiger partial charge is 0.368 e. The third kappa shape index (κ3) is 4.62. The summed E-state index contributed by atoms with van der Waals surface area (Å²) in [5.74, 6) is 0.785. The predicted molar refractivity (Wildman–Crippen MR) is 108 cm³/mol. The van der Waals surface area contributed by atoms with Crippen LogP contribution in [0.3, 0.4) is 0 Å². The summed E-state index contributed by atoms with van der Waals surface area (Å²) in [5, 5.41) is 27.9. The number of aliphatic imine (C=N–C) groups is 1. The number of thioether (sulfide) groups is 1. The van der Waals surface area contributed by atoms with Crippen LogP contribution < -0.4 is 10.6 Å². The third-order valence-electron chi connectivity index (χ3n) is 6.77. The van der Waals surface area contributed by atoms with Gasteiger partial charge >= 0.3 is 0 Å². The van der Waals surface area contributed by atoms with Crippen molar-refractivity contribution in [2.45, 2.75) is 67.5 Å². The number of nitrogens with zero attached hydrogens (tertiary/aromatic N) is 2. The molecular formula is C19H36N4O2S. The van der Waals surface area contributed by atoms with Crippen molar-refractivity contribution >= 4 is 18.5 Å². The van der Waals surface area contributed by atoms with Crippen LogP contribution in [0.5, 0.6) is 0 Å². The molecule has 1 aliphatic heterocycles. The molecule has 2 aliphatic carbocycles. The van der Waals surface area contributed by atoms with Crippen LogP contribution in [0.15, 0.2) is 4.99 Å². The summed E-state index contributed by atoms with van der Waals surface area (Å²) >= 11 is 1.97. The number of rotatable bonds is 8. The topological polar surface area (TPSA) is 80.1 Å². The Balaban J connectivity index is 1.58. The molecule has 5 atom stereocenters. The molecule has 3 rings (SSSR count). The van der Waals surface area contributed by atoms with E-state index in [4.69, 9.17) is 0 Å². The maximum atomic E-state index is 9.85. The van der Waals surface area contributed by atoms with E-state index in [1.54, 1.807) is 0 Å². The number of aliphatic hydroxyl groups is 2. The lowest BCUT2D eigenvalue weighted by molar-refractivity contribution is -0.0989. The van der Waals surface area contributed by atoms with Crippen LogP contribution in [0, 0.1) is 17.8 Å². The minimum atomic E-state index is -1.19. The lowest BCUT2D eigenvalue weighted by Crippen LogP contribution is -2.46. The molecule has 1 heterocycles. The molecule has 150 valence electrons. The summed E-state index contributed by atoms with van der Waals surface area (Å²) in [5.41, 5.74) is 0. The first-order chi connectivity index (χ1) is 12.5. The van der Waals surface area contributed by atoms with Crippen LogP contribution in [0.4, 0.5) is 0 Å². The highest BCUT2D eigenvalue weighted by molar-refractivity contribution is 8.00. The molecule has 4 unspecified atom stereocenters. The van der Waals surface area contributed by atoms with E-state index in [-0.39, 0.29) is 5.92 Å². The predicted octanol–water partition coefficient (Wildman–Crippen LogP) is 1.09. The molecule has 0 aromatic heterocycles. The molecule has 0 amide bonds. The van der Waals surface area contributed by atoms with Crippen molar-refractivity contribution in [3.63, 3.8) is 0 Å². The molecular weight excluding hydrogens is 348 g/mol. The maximum Gasteiger partial charge on any atom is 0.154 e. The molecule has 1 saturated heterocycles. The second-order valence-electron chi connectivity index (χ2n) is 8.45. The molecule has 0 aromatic carbocycles. The van der Waals surface area contributed by atoms with Crippen LogP contribution in [0.2, 0.25) is 0 Å². The number of hydrogen-bond donors (Lipinski definition) is 4. The number of nitrogens with one attached hydrogen (secondary N) is 2. The van der Waals surface area contributed by atoms with Gasteiger partial charge in [-0.2, -0.15) is 0 Å². The fraction of sp³-hybridized carbons (Fsp3) is 0.947. The van der Waals surface area contributed by atoms with Gasteiger partial charge in [-0.25, -0.2) is 0 Å². The number of aliphatic hydroxyl groups excluding tert-OH is 1. The van der Waals surface area contributed by atoms with Crippen molar-refractivity contribution in [3.05, 3.63) is 0 Å². The first-order valence-corrected chi connectivity index (χ1v) is 11.0. The minimum absolute atomic E-state index is 0.00673. The van der Waals surface area contributed by atoms with E-state index in [1.165, 1.54) is 25.7 Å². The number of hydrogen-bond acceptors (Lipinski definition) is 7. The van der Waals surface area contributed by atoms with Crippen LogP contribution in [0.1, 0.15) is 38.5 Å². The molecule has 3 aliphatic rings. The zero-order valence-corrected chi connectivity index (χ0v) is 17.0. The molecule has 2 saturated carbocycles. The average Bonchev–Trinajstić information content (AvgIpc) is 3.17. The molecule has 26 heavy (non-hydrogen) atoms. The Bertz CT molecular complexity index is 457. The highest BCUT2D eigenvalue weighted by atomic mass is 32.2. The minimum Gasteiger partial charge on any atom is -0.368 e. The van der Waals surface area contributed by atoms with Crippen molar-refractivity contribution in [2.24, 2.45) is 22.7 Å². The van der Waals surface area contributed by atoms with E-state index < -0.39 is 6.29 Å². The average molecular weight is 385 g/mol. The Morgan fingerprint density at radius 1 is 1.12 bits per heavy atom. The van der Waals surface area contributed by atoms with Crippen molar-refractivity contribution in [1.82, 2.24) is 15.5 Å². The maximum absolute atomic E-state index is 9.85. The van der Waals surface area contributed by atoms with Crippen LogP contribution >= 0.6 is 11.8 Å². The summed E-state index contributed by atoms with van der Waals surface area (Å²) in [6, 6.07) is 1.31. The zero-order chi connectivity index (χ0) is 18.7. The fourth-order valence-electron chi connectivity index (χ4n) is 5.30. The van der Waals surface area contributed by atoms with Gasteiger partial charge in [-0.1, -0.05) is 0 Å². The first kappa shape index (κ1) is 20.6. The third-order valence-corrected chi connectivity index (χ3v) is 8.48. The van der Waals surface area contributed by atoms with Gasteiger partial charge in [0, 0.05) is 35.7 Å². The Hall–Kier alpha value is -0.180. The van der Waals surface area contributed by atoms with Gasteiger partial charge in [0.2, 0.25) is 0 Å². The molecule has 3 fully saturated rings. The van der Waals surface area contributed by atoms with Gasteiger partial charge in [0.05, 0.1) is 12.0 Å². The van der Waals surface area contributed by atoms with E-state index in [2.05, 4.69) is 41.3 Å². The first-order valence-electron chi connectivity index (χ1n) is 10.1. The monoisotopic (exact) mass is 384 g/mol. The van der Waals surface area contributed by atoms with Crippen LogP contribution in [-0.2, 0) is 0 Å². The molecule has 0 bridgehead atoms. The Labute approximate surface area is 162 Å². The van der Waals surface area contributed by atoms with Gasteiger partial charge < -0.3 is 20.4 Å². The molecule has 0 aromatic rings. The summed E-state index contributed by atoms with van der Waals surface area (Å²) in [7, 11) is 4.36. The lowest BCUT2D eigenvalue weighted by atomic mass is 9.82. The summed E-state index contributed by atoms with van der Waals surface area (Å²) < 4.78 is 0. The molecule has 4 N–H and O–H groups in total. The molecule has 6 nitrogen and oxygen atoms in total. The van der Waals surface area contributed by atoms with Gasteiger partial charge in [-0.15, -0.1) is 11.8 Å². The van der Waals surface area contributed by atoms with Crippen LogP contribution in [-0.4, -0.2) is 78.1 Å². The molecule has 0 spiro atoms. The Morgan fingerprint density at radius 3 is 2.46 bits per heavy atom. The van der Waals surface area contributed by atoms with Crippen LogP contribution in [0.25, 0.3) is 0 Å². The lowest BCUT2D eigenvalue weighted by Gasteiger charge is -2.35. The van der Waals surface area contributed by atoms with Crippen molar-refractivity contribution in [2.75, 3.05) is 27.3 Å². The van der Waals surface area contributed by atoms with E-state index in [0.29, 0.717) is 35.2 Å². The Morgan fingerprint density at radius 2 is 1.85 bits per heavy atom. The summed E-state index contributed by atoms with van der Waals surface area (Å²) in [4.78, 5) is 6.31. The molecule has 0 radical (unpaired) electrons. The van der Waals surface area contributed by atoms with E-state index >= 15 is 0 Å². The van der Waals surface area contributed by atoms with E-state index in [0.717, 1.165) is 25.4 Å². The van der Waals surface area contributed by atoms with Gasteiger partial charge in [0.15, 0.2) is 6.29 Å². The smallest absolute Gasteiger partial charge is 0.154 e. The van der Waals surface area contributed by atoms with Gasteiger partial charge in [-0.3, -0.25) is 10.3 Å². The highest BCUT2D eigenvalue weighted by Crippen LogP contribution is 2.53. The van der Waals surface area contributed by atoms with E-state index in [1.807, 2.05) is 11.8 Å². The zero-order valence-electron chi connectivity index (χ0n) is 16.2.